The van der Waals surface area contributed by atoms with E-state index in [1.807, 2.05) is 52.1 Å². The molecule has 3 rings (SSSR count). The SMILES string of the molecule is C#C.C=C(NC)NC(Cc1ccccc1)C(C)CNCC(C)C.CC.CCC.CCNC(C)(C)C1=CCCC(OC)=C1.Cc1ccc(N)cc1. The van der Waals surface area contributed by atoms with Gasteiger partial charge in [0.15, 0.2) is 0 Å². The van der Waals surface area contributed by atoms with Gasteiger partial charge in [0.05, 0.1) is 18.7 Å². The molecule has 0 radical (unpaired) electrons. The van der Waals surface area contributed by atoms with E-state index in [9.17, 15) is 0 Å². The Balaban J connectivity index is -0.000000652. The molecule has 0 aromatic heterocycles. The van der Waals surface area contributed by atoms with Crippen LogP contribution in [-0.4, -0.2) is 45.4 Å². The molecule has 0 bridgehead atoms. The molecule has 0 saturated carbocycles. The van der Waals surface area contributed by atoms with E-state index in [0.717, 1.165) is 56.2 Å². The summed E-state index contributed by atoms with van der Waals surface area (Å²) in [5, 5.41) is 13.6. The number of aryl methyl sites for hydroxylation is 1. The number of ether oxygens (including phenoxy) is 1. The Morgan fingerprint density at radius 1 is 0.960 bits per heavy atom. The van der Waals surface area contributed by atoms with Gasteiger partial charge in [0.25, 0.3) is 0 Å². The summed E-state index contributed by atoms with van der Waals surface area (Å²) in [6.07, 6.45) is 16.8. The lowest BCUT2D eigenvalue weighted by Crippen LogP contribution is -2.43. The Labute approximate surface area is 310 Å². The zero-order valence-corrected chi connectivity index (χ0v) is 34.4. The van der Waals surface area contributed by atoms with Crippen molar-refractivity contribution in [3.8, 4) is 12.8 Å². The molecule has 6 nitrogen and oxygen atoms in total. The number of hydrogen-bond donors (Lipinski definition) is 5. The number of anilines is 1. The van der Waals surface area contributed by atoms with E-state index in [1.165, 1.54) is 23.1 Å². The van der Waals surface area contributed by atoms with Gasteiger partial charge >= 0.3 is 0 Å². The molecule has 6 N–H and O–H groups in total. The predicted molar refractivity (Wildman–Crippen MR) is 225 cm³/mol. The van der Waals surface area contributed by atoms with E-state index in [2.05, 4.69) is 139 Å². The van der Waals surface area contributed by atoms with Gasteiger partial charge < -0.3 is 31.7 Å². The number of terminal acetylenes is 1. The van der Waals surface area contributed by atoms with E-state index in [1.54, 1.807) is 7.11 Å². The van der Waals surface area contributed by atoms with Crippen LogP contribution in [0.25, 0.3) is 0 Å². The topological polar surface area (TPSA) is 83.4 Å². The highest BCUT2D eigenvalue weighted by atomic mass is 16.5. The van der Waals surface area contributed by atoms with Crippen molar-refractivity contribution in [2.24, 2.45) is 11.8 Å². The van der Waals surface area contributed by atoms with Crippen LogP contribution in [-0.2, 0) is 11.2 Å². The first kappa shape index (κ1) is 50.7. The van der Waals surface area contributed by atoms with Gasteiger partial charge in [-0.05, 0) is 94.4 Å². The zero-order valence-electron chi connectivity index (χ0n) is 34.4. The maximum absolute atomic E-state index is 5.43. The van der Waals surface area contributed by atoms with E-state index < -0.39 is 0 Å². The fourth-order valence-corrected chi connectivity index (χ4v) is 4.68. The summed E-state index contributed by atoms with van der Waals surface area (Å²) >= 11 is 0. The largest absolute Gasteiger partial charge is 0.501 e. The van der Waals surface area contributed by atoms with Crippen LogP contribution < -0.4 is 27.0 Å². The number of methoxy groups -OCH3 is 1. The third-order valence-electron chi connectivity index (χ3n) is 7.42. The minimum Gasteiger partial charge on any atom is -0.501 e. The number of nitrogen functional groups attached to an aromatic ring is 1. The van der Waals surface area contributed by atoms with Gasteiger partial charge in [0.1, 0.15) is 0 Å². The molecular weight excluding hydrogens is 615 g/mol. The first-order valence-electron chi connectivity index (χ1n) is 18.6. The number of likely N-dealkylation sites (N-methyl/N-ethyl adjacent to an activating group) is 1. The quantitative estimate of drug-likeness (QED) is 0.100. The van der Waals surface area contributed by atoms with Crippen LogP contribution in [0.4, 0.5) is 5.69 Å². The zero-order chi connectivity index (χ0) is 39.0. The summed E-state index contributed by atoms with van der Waals surface area (Å²) < 4.78 is 5.29. The molecule has 284 valence electrons. The van der Waals surface area contributed by atoms with Gasteiger partial charge in [-0.2, -0.15) is 0 Å². The minimum absolute atomic E-state index is 0.0545. The van der Waals surface area contributed by atoms with Crippen LogP contribution >= 0.6 is 0 Å². The number of rotatable bonds is 14. The van der Waals surface area contributed by atoms with Crippen molar-refractivity contribution in [3.63, 3.8) is 0 Å². The molecule has 2 unspecified atom stereocenters. The van der Waals surface area contributed by atoms with Gasteiger partial charge in [-0.3, -0.25) is 0 Å². The van der Waals surface area contributed by atoms with Crippen molar-refractivity contribution in [1.29, 1.82) is 0 Å². The van der Waals surface area contributed by atoms with Crippen molar-refractivity contribution in [2.45, 2.75) is 113 Å². The summed E-state index contributed by atoms with van der Waals surface area (Å²) in [5.74, 6) is 3.18. The second kappa shape index (κ2) is 32.5. The Hall–Kier alpha value is -3.66. The Kier molecular flexibility index (Phi) is 33.0. The van der Waals surface area contributed by atoms with Crippen molar-refractivity contribution >= 4 is 5.69 Å². The first-order chi connectivity index (χ1) is 23.8. The molecule has 1 aliphatic rings. The molecule has 0 amide bonds. The summed E-state index contributed by atoms with van der Waals surface area (Å²) in [4.78, 5) is 0. The smallest absolute Gasteiger partial charge is 0.0961 e. The summed E-state index contributed by atoms with van der Waals surface area (Å²) in [6.45, 7) is 30.7. The predicted octanol–water partition coefficient (Wildman–Crippen LogP) is 9.65. The van der Waals surface area contributed by atoms with Crippen molar-refractivity contribution in [3.05, 3.63) is 102 Å². The van der Waals surface area contributed by atoms with E-state index in [-0.39, 0.29) is 5.54 Å². The molecule has 2 aromatic carbocycles. The Morgan fingerprint density at radius 2 is 1.52 bits per heavy atom. The van der Waals surface area contributed by atoms with Crippen molar-refractivity contribution < 1.29 is 4.74 Å². The van der Waals surface area contributed by atoms with Crippen LogP contribution in [0.3, 0.4) is 0 Å². The summed E-state index contributed by atoms with van der Waals surface area (Å²) in [6, 6.07) is 18.8. The number of allylic oxidation sites excluding steroid dienone is 2. The fourth-order valence-electron chi connectivity index (χ4n) is 4.68. The fraction of sp³-hybridized carbons (Fsp3) is 0.545. The van der Waals surface area contributed by atoms with Gasteiger partial charge in [-0.15, -0.1) is 12.8 Å². The lowest BCUT2D eigenvalue weighted by Gasteiger charge is -2.29. The average molecular weight is 692 g/mol. The summed E-state index contributed by atoms with van der Waals surface area (Å²) in [5.41, 5.74) is 10.3. The lowest BCUT2D eigenvalue weighted by molar-refractivity contribution is 0.274. The highest BCUT2D eigenvalue weighted by molar-refractivity contribution is 5.38. The highest BCUT2D eigenvalue weighted by Crippen LogP contribution is 2.25. The van der Waals surface area contributed by atoms with Gasteiger partial charge in [0, 0.05) is 30.7 Å². The van der Waals surface area contributed by atoms with Gasteiger partial charge in [0.2, 0.25) is 0 Å². The second-order valence-corrected chi connectivity index (χ2v) is 13.0. The van der Waals surface area contributed by atoms with Gasteiger partial charge in [-0.25, -0.2) is 0 Å². The molecule has 0 saturated heterocycles. The third kappa shape index (κ3) is 26.2. The van der Waals surface area contributed by atoms with Crippen LogP contribution in [0.2, 0.25) is 0 Å². The van der Waals surface area contributed by atoms with Crippen LogP contribution in [0.1, 0.15) is 99.6 Å². The minimum atomic E-state index is 0.0545. The van der Waals surface area contributed by atoms with E-state index in [0.29, 0.717) is 17.9 Å². The average Bonchev–Trinajstić information content (AvgIpc) is 3.12. The molecule has 1 aliphatic carbocycles. The summed E-state index contributed by atoms with van der Waals surface area (Å²) in [7, 11) is 3.64. The highest BCUT2D eigenvalue weighted by Gasteiger charge is 2.22. The second-order valence-electron chi connectivity index (χ2n) is 13.0. The Bertz CT molecular complexity index is 1130. The third-order valence-corrected chi connectivity index (χ3v) is 7.42. The molecule has 2 atom stereocenters. The van der Waals surface area contributed by atoms with Crippen molar-refractivity contribution in [1.82, 2.24) is 21.3 Å². The lowest BCUT2D eigenvalue weighted by atomic mass is 9.89. The maximum atomic E-state index is 5.43. The van der Waals surface area contributed by atoms with E-state index >= 15 is 0 Å². The van der Waals surface area contributed by atoms with Crippen LogP contribution in [0.15, 0.2) is 90.5 Å². The monoisotopic (exact) mass is 692 g/mol. The molecule has 0 spiro atoms. The van der Waals surface area contributed by atoms with Crippen LogP contribution in [0.5, 0.6) is 0 Å². The van der Waals surface area contributed by atoms with Crippen LogP contribution in [0, 0.1) is 31.6 Å². The first-order valence-corrected chi connectivity index (χ1v) is 18.6. The van der Waals surface area contributed by atoms with Gasteiger partial charge in [-0.1, -0.05) is 122 Å². The molecule has 2 aromatic rings. The number of nitrogens with one attached hydrogen (secondary N) is 4. The number of nitrogens with two attached hydrogens (primary N) is 1. The maximum Gasteiger partial charge on any atom is 0.0961 e. The molecule has 6 heteroatoms. The van der Waals surface area contributed by atoms with E-state index in [4.69, 9.17) is 10.5 Å². The molecule has 0 heterocycles. The number of benzene rings is 2. The molecule has 0 aliphatic heterocycles. The molecule has 0 fully saturated rings. The molecular formula is C44H77N5O. The normalized spacial score (nSPS) is 12.6. The van der Waals surface area contributed by atoms with Crippen molar-refractivity contribution in [2.75, 3.05) is 39.5 Å². The number of hydrogen-bond acceptors (Lipinski definition) is 6. The molecule has 50 heavy (non-hydrogen) atoms. The standard InChI is InChI=1S/C18H31N3.C12H21NO.C7H9N.C3H8.C2H6.C2H2/c1-14(2)12-20-13-15(3)18(21-16(4)19-5)11-17-9-7-6-8-10-17;1-5-13-12(2,3)10-7-6-8-11(9-10)14-4;1-6-2-4-7(8)5-3-6;1-3-2;2*1-2/h6-10,14-15,18-21H,4,11-13H2,1-3,5H3;7,9,13H,5-6,8H2,1-4H3;2-5H,8H2,1H3;3H2,1-2H3;1-2H3;1-2H. The Morgan fingerprint density at radius 3 is 1.98 bits per heavy atom.